The standard InChI is InChI=1S/C47H35N3/c1-2-11-32(12-3-1)35-14-8-16-38(27-35)46-30-45(34-24-22-33(23-25-34)40-18-10-26-48-31-40)49-47(50-46)39-17-9-15-36(28-39)44-29-37-13-4-5-19-41(37)42-20-6-7-21-43(42)44/h1-6,8-20,22-31,47,49H,7,21H2. The van der Waals surface area contributed by atoms with Crippen LogP contribution in [0.15, 0.2) is 175 Å². The summed E-state index contributed by atoms with van der Waals surface area (Å²) in [6, 6.07) is 52.1. The molecule has 3 nitrogen and oxygen atoms in total. The van der Waals surface area contributed by atoms with Crippen LogP contribution in [0.1, 0.15) is 40.4 Å². The number of aliphatic imine (C=N–C) groups is 1. The highest BCUT2D eigenvalue weighted by Gasteiger charge is 2.22. The quantitative estimate of drug-likeness (QED) is 0.196. The van der Waals surface area contributed by atoms with Gasteiger partial charge in [-0.3, -0.25) is 9.98 Å². The van der Waals surface area contributed by atoms with Crippen molar-refractivity contribution in [3.8, 4) is 33.4 Å². The lowest BCUT2D eigenvalue weighted by Crippen LogP contribution is -2.25. The largest absolute Gasteiger partial charge is 0.360 e. The lowest BCUT2D eigenvalue weighted by Gasteiger charge is -2.26. The van der Waals surface area contributed by atoms with Crippen molar-refractivity contribution in [2.75, 3.05) is 0 Å². The third-order valence-electron chi connectivity index (χ3n) is 9.86. The van der Waals surface area contributed by atoms with Crippen LogP contribution < -0.4 is 5.32 Å². The van der Waals surface area contributed by atoms with E-state index in [1.807, 2.05) is 18.5 Å². The first-order valence-electron chi connectivity index (χ1n) is 17.3. The summed E-state index contributed by atoms with van der Waals surface area (Å²) < 4.78 is 0. The number of rotatable bonds is 6. The summed E-state index contributed by atoms with van der Waals surface area (Å²) in [5.41, 5.74) is 15.2. The van der Waals surface area contributed by atoms with Crippen LogP contribution in [0.5, 0.6) is 0 Å². The van der Waals surface area contributed by atoms with Gasteiger partial charge in [0.2, 0.25) is 0 Å². The van der Waals surface area contributed by atoms with Gasteiger partial charge in [0.25, 0.3) is 0 Å². The molecule has 50 heavy (non-hydrogen) atoms. The maximum atomic E-state index is 5.38. The second kappa shape index (κ2) is 12.9. The monoisotopic (exact) mass is 641 g/mol. The Hall–Kier alpha value is -6.32. The smallest absolute Gasteiger partial charge is 0.145 e. The van der Waals surface area contributed by atoms with E-state index in [1.54, 1.807) is 0 Å². The predicted molar refractivity (Wildman–Crippen MR) is 209 cm³/mol. The van der Waals surface area contributed by atoms with Crippen LogP contribution in [-0.2, 0) is 6.42 Å². The second-order valence-electron chi connectivity index (χ2n) is 13.0. The molecule has 0 saturated carbocycles. The first-order valence-corrected chi connectivity index (χ1v) is 17.3. The Balaban J connectivity index is 1.13. The lowest BCUT2D eigenvalue weighted by atomic mass is 9.85. The maximum absolute atomic E-state index is 5.38. The average Bonchev–Trinajstić information content (AvgIpc) is 3.21. The van der Waals surface area contributed by atoms with Gasteiger partial charge >= 0.3 is 0 Å². The van der Waals surface area contributed by atoms with Crippen molar-refractivity contribution in [1.29, 1.82) is 0 Å². The summed E-state index contributed by atoms with van der Waals surface area (Å²) in [5, 5.41) is 6.41. The molecule has 0 amide bonds. The SMILES string of the molecule is C1=Cc2c(c(-c3cccc(C4N=C(c5cccc(-c6ccccc6)c5)C=C(c5ccc(-c6cccnc6)cc5)N4)c3)cc3ccccc23)CC1. The van der Waals surface area contributed by atoms with E-state index in [0.717, 1.165) is 52.1 Å². The third kappa shape index (κ3) is 5.73. The molecular formula is C47H35N3. The number of aromatic nitrogens is 1. The first-order chi connectivity index (χ1) is 24.8. The number of hydrogen-bond acceptors (Lipinski definition) is 3. The highest BCUT2D eigenvalue weighted by Crippen LogP contribution is 2.38. The molecule has 1 atom stereocenters. The van der Waals surface area contributed by atoms with Gasteiger partial charge in [0.15, 0.2) is 0 Å². The Labute approximate surface area is 293 Å². The van der Waals surface area contributed by atoms with Gasteiger partial charge in [-0.05, 0) is 110 Å². The fraction of sp³-hybridized carbons (Fsp3) is 0.0638. The predicted octanol–water partition coefficient (Wildman–Crippen LogP) is 11.3. The molecule has 0 saturated heterocycles. The molecule has 1 aromatic heterocycles. The Kier molecular flexibility index (Phi) is 7.71. The number of allylic oxidation sites excluding steroid dienone is 2. The fourth-order valence-corrected chi connectivity index (χ4v) is 7.32. The lowest BCUT2D eigenvalue weighted by molar-refractivity contribution is 0.664. The zero-order valence-corrected chi connectivity index (χ0v) is 27.6. The van der Waals surface area contributed by atoms with Crippen LogP contribution in [0.2, 0.25) is 0 Å². The number of nitrogens with one attached hydrogen (secondary N) is 1. The zero-order valence-electron chi connectivity index (χ0n) is 27.6. The molecular weight excluding hydrogens is 607 g/mol. The van der Waals surface area contributed by atoms with Crippen LogP contribution in [0, 0.1) is 0 Å². The zero-order chi connectivity index (χ0) is 33.3. The van der Waals surface area contributed by atoms with Crippen LogP contribution in [0.4, 0.5) is 0 Å². The van der Waals surface area contributed by atoms with Gasteiger partial charge in [0, 0.05) is 23.7 Å². The first kappa shape index (κ1) is 29.8. The molecule has 7 aromatic rings. The number of nitrogens with zero attached hydrogens (tertiary/aromatic N) is 2. The Morgan fingerprint density at radius 3 is 2.20 bits per heavy atom. The van der Waals surface area contributed by atoms with Crippen LogP contribution in [0.3, 0.4) is 0 Å². The summed E-state index contributed by atoms with van der Waals surface area (Å²) in [6.07, 6.45) is 12.4. The van der Waals surface area contributed by atoms with Gasteiger partial charge < -0.3 is 5.32 Å². The Morgan fingerprint density at radius 1 is 0.580 bits per heavy atom. The molecule has 238 valence electrons. The molecule has 0 spiro atoms. The van der Waals surface area contributed by atoms with Gasteiger partial charge in [0.1, 0.15) is 6.17 Å². The number of hydrogen-bond donors (Lipinski definition) is 1. The highest BCUT2D eigenvalue weighted by molar-refractivity contribution is 6.13. The van der Waals surface area contributed by atoms with Gasteiger partial charge in [-0.1, -0.05) is 133 Å². The maximum Gasteiger partial charge on any atom is 0.145 e. The highest BCUT2D eigenvalue weighted by atomic mass is 15.1. The molecule has 1 aliphatic carbocycles. The van der Waals surface area contributed by atoms with E-state index < -0.39 is 0 Å². The molecule has 2 heterocycles. The van der Waals surface area contributed by atoms with Gasteiger partial charge in [-0.2, -0.15) is 0 Å². The van der Waals surface area contributed by atoms with Crippen molar-refractivity contribution in [3.63, 3.8) is 0 Å². The Morgan fingerprint density at radius 2 is 1.32 bits per heavy atom. The van der Waals surface area contributed by atoms with E-state index in [1.165, 1.54) is 44.2 Å². The topological polar surface area (TPSA) is 37.3 Å². The summed E-state index contributed by atoms with van der Waals surface area (Å²) in [6.45, 7) is 0. The second-order valence-corrected chi connectivity index (χ2v) is 13.0. The summed E-state index contributed by atoms with van der Waals surface area (Å²) in [4.78, 5) is 9.69. The van der Waals surface area contributed by atoms with Crippen molar-refractivity contribution in [1.82, 2.24) is 10.3 Å². The van der Waals surface area contributed by atoms with E-state index in [-0.39, 0.29) is 6.17 Å². The summed E-state index contributed by atoms with van der Waals surface area (Å²) in [7, 11) is 0. The van der Waals surface area contributed by atoms with Crippen molar-refractivity contribution in [3.05, 3.63) is 198 Å². The molecule has 1 aliphatic heterocycles. The minimum absolute atomic E-state index is 0.264. The van der Waals surface area contributed by atoms with E-state index >= 15 is 0 Å². The molecule has 6 aromatic carbocycles. The van der Waals surface area contributed by atoms with Crippen LogP contribution >= 0.6 is 0 Å². The molecule has 0 bridgehead atoms. The minimum atomic E-state index is -0.264. The average molecular weight is 642 g/mol. The number of pyridine rings is 1. The van der Waals surface area contributed by atoms with Gasteiger partial charge in [0.05, 0.1) is 5.71 Å². The third-order valence-corrected chi connectivity index (χ3v) is 9.86. The van der Waals surface area contributed by atoms with Gasteiger partial charge in [-0.15, -0.1) is 0 Å². The van der Waals surface area contributed by atoms with E-state index in [2.05, 4.69) is 168 Å². The summed E-state index contributed by atoms with van der Waals surface area (Å²) in [5.74, 6) is 0. The van der Waals surface area contributed by atoms with E-state index in [9.17, 15) is 0 Å². The van der Waals surface area contributed by atoms with Crippen LogP contribution in [0.25, 0.3) is 55.9 Å². The normalized spacial score (nSPS) is 15.2. The van der Waals surface area contributed by atoms with Crippen molar-refractivity contribution < 1.29 is 0 Å². The minimum Gasteiger partial charge on any atom is -0.360 e. The molecule has 1 N–H and O–H groups in total. The molecule has 9 rings (SSSR count). The van der Waals surface area contributed by atoms with Crippen LogP contribution in [-0.4, -0.2) is 10.7 Å². The Bertz CT molecular complexity index is 2440. The van der Waals surface area contributed by atoms with Crippen molar-refractivity contribution in [2.45, 2.75) is 19.0 Å². The van der Waals surface area contributed by atoms with Crippen molar-refractivity contribution in [2.24, 2.45) is 4.99 Å². The molecule has 2 aliphatic rings. The van der Waals surface area contributed by atoms with Gasteiger partial charge in [-0.25, -0.2) is 0 Å². The van der Waals surface area contributed by atoms with E-state index in [4.69, 9.17) is 4.99 Å². The molecule has 0 fully saturated rings. The summed E-state index contributed by atoms with van der Waals surface area (Å²) >= 11 is 0. The molecule has 1 unspecified atom stereocenters. The van der Waals surface area contributed by atoms with Crippen molar-refractivity contribution >= 4 is 28.3 Å². The number of fused-ring (bicyclic) bond motifs is 3. The fourth-order valence-electron chi connectivity index (χ4n) is 7.32. The van der Waals surface area contributed by atoms with E-state index in [0.29, 0.717) is 0 Å². The number of benzene rings is 6. The molecule has 3 heteroatoms. The molecule has 0 radical (unpaired) electrons.